The van der Waals surface area contributed by atoms with Crippen LogP contribution in [0.1, 0.15) is 98.5 Å². The average molecular weight is 1250 g/mol. The highest BCUT2D eigenvalue weighted by atomic mass is 15.2. The molecule has 0 heterocycles. The van der Waals surface area contributed by atoms with Gasteiger partial charge in [-0.25, -0.2) is 0 Å². The number of hydrogen-bond acceptors (Lipinski definition) is 2. The van der Waals surface area contributed by atoms with Crippen LogP contribution in [0.5, 0.6) is 0 Å². The fourth-order valence-electron chi connectivity index (χ4n) is 19.1. The lowest BCUT2D eigenvalue weighted by molar-refractivity contribution is 0.588. The number of fused-ring (bicyclic) bond motifs is 23. The summed E-state index contributed by atoms with van der Waals surface area (Å²) >= 11 is 0. The average Bonchev–Trinajstić information content (AvgIpc) is 1.54. The van der Waals surface area contributed by atoms with Gasteiger partial charge in [0, 0.05) is 60.7 Å². The third kappa shape index (κ3) is 7.80. The molecule has 4 aliphatic rings. The maximum atomic E-state index is 2.63. The van der Waals surface area contributed by atoms with Gasteiger partial charge in [0.05, 0.1) is 11.4 Å². The Morgan fingerprint density at radius 1 is 0.245 bits per heavy atom. The number of nitrogens with zero attached hydrogens (tertiary/aromatic N) is 2. The molecular formula is C96H72N2. The van der Waals surface area contributed by atoms with Gasteiger partial charge in [0.2, 0.25) is 0 Å². The molecule has 466 valence electrons. The summed E-state index contributed by atoms with van der Waals surface area (Å²) in [4.78, 5) is 5.14. The van der Waals surface area contributed by atoms with Crippen LogP contribution in [-0.4, -0.2) is 0 Å². The fourth-order valence-corrected chi connectivity index (χ4v) is 19.1. The summed E-state index contributed by atoms with van der Waals surface area (Å²) in [6.07, 6.45) is 0.805. The predicted molar refractivity (Wildman–Crippen MR) is 416 cm³/mol. The van der Waals surface area contributed by atoms with Crippen LogP contribution in [-0.2, 0) is 28.1 Å². The molecule has 0 aromatic heterocycles. The summed E-state index contributed by atoms with van der Waals surface area (Å²) < 4.78 is 0. The third-order valence-corrected chi connectivity index (χ3v) is 23.7. The van der Waals surface area contributed by atoms with E-state index in [2.05, 4.69) is 356 Å². The minimum absolute atomic E-state index is 0.179. The topological polar surface area (TPSA) is 6.48 Å². The van der Waals surface area contributed by atoms with E-state index in [9.17, 15) is 0 Å². The summed E-state index contributed by atoms with van der Waals surface area (Å²) in [6.45, 7) is 17.1. The molecule has 20 rings (SSSR count). The second kappa shape index (κ2) is 20.4. The van der Waals surface area contributed by atoms with Crippen molar-refractivity contribution < 1.29 is 0 Å². The second-order valence-corrected chi connectivity index (χ2v) is 30.1. The summed E-state index contributed by atoms with van der Waals surface area (Å²) in [6, 6.07) is 114. The molecule has 0 aliphatic heterocycles. The molecule has 0 N–H and O–H groups in total. The number of anilines is 6. The molecule has 0 saturated carbocycles. The smallest absolute Gasteiger partial charge is 0.0621 e. The predicted octanol–water partition coefficient (Wildman–Crippen LogP) is 26.0. The van der Waals surface area contributed by atoms with Gasteiger partial charge in [-0.05, 0) is 210 Å². The molecule has 0 saturated heterocycles. The summed E-state index contributed by atoms with van der Waals surface area (Å²) in [7, 11) is 0. The van der Waals surface area contributed by atoms with Crippen molar-refractivity contribution in [2.24, 2.45) is 0 Å². The first-order valence-corrected chi connectivity index (χ1v) is 35.0. The van der Waals surface area contributed by atoms with Gasteiger partial charge in [-0.3, -0.25) is 0 Å². The highest BCUT2D eigenvalue weighted by Crippen LogP contribution is 2.62. The maximum absolute atomic E-state index is 2.63. The van der Waals surface area contributed by atoms with Crippen molar-refractivity contribution in [2.75, 3.05) is 9.80 Å². The Morgan fingerprint density at radius 2 is 0.714 bits per heavy atom. The lowest BCUT2D eigenvalue weighted by Crippen LogP contribution is -2.24. The van der Waals surface area contributed by atoms with Gasteiger partial charge in [-0.15, -0.1) is 0 Å². The van der Waals surface area contributed by atoms with Gasteiger partial charge in [0.25, 0.3) is 0 Å². The van der Waals surface area contributed by atoms with Gasteiger partial charge in [-0.1, -0.05) is 285 Å². The van der Waals surface area contributed by atoms with E-state index >= 15 is 0 Å². The molecular weight excluding hydrogens is 1180 g/mol. The Morgan fingerprint density at radius 3 is 1.45 bits per heavy atom. The van der Waals surface area contributed by atoms with Crippen LogP contribution in [0, 0.1) is 0 Å². The van der Waals surface area contributed by atoms with Crippen molar-refractivity contribution in [2.45, 2.75) is 76.5 Å². The molecule has 2 heteroatoms. The van der Waals surface area contributed by atoms with E-state index < -0.39 is 5.41 Å². The summed E-state index contributed by atoms with van der Waals surface area (Å²) in [5, 5.41) is 15.3. The van der Waals surface area contributed by atoms with Crippen LogP contribution < -0.4 is 9.80 Å². The SMILES string of the molecule is CC1(C)c2cc(N(c3ccc(CC4(C)c5ccc6ccccc6c5-c5ccc6cc(N(c7ccccc7)c7cc8c(c9ccccc79)-c7ccccc7C8(C)C)ccc6c54)cc3)c3c4c(cc5ccccc35)C(C)(C)c3c-4ccc4ccccc34)ccc2-c2c1ccc1ccccc21. The van der Waals surface area contributed by atoms with Crippen LogP contribution in [0.25, 0.3) is 109 Å². The van der Waals surface area contributed by atoms with Gasteiger partial charge in [0.15, 0.2) is 0 Å². The molecule has 0 fully saturated rings. The van der Waals surface area contributed by atoms with Gasteiger partial charge < -0.3 is 9.80 Å². The van der Waals surface area contributed by atoms with E-state index in [1.165, 1.54) is 171 Å². The molecule has 16 aromatic rings. The summed E-state index contributed by atoms with van der Waals surface area (Å²) in [5.41, 5.74) is 28.8. The van der Waals surface area contributed by atoms with E-state index in [0.29, 0.717) is 0 Å². The van der Waals surface area contributed by atoms with E-state index in [4.69, 9.17) is 0 Å². The lowest BCUT2D eigenvalue weighted by Gasteiger charge is -2.32. The van der Waals surface area contributed by atoms with E-state index in [1.54, 1.807) is 0 Å². The molecule has 0 amide bonds. The Hall–Kier alpha value is -11.3. The Balaban J connectivity index is 0.761. The number of para-hydroxylation sites is 1. The van der Waals surface area contributed by atoms with Gasteiger partial charge in [-0.2, -0.15) is 0 Å². The lowest BCUT2D eigenvalue weighted by atomic mass is 9.73. The van der Waals surface area contributed by atoms with Crippen molar-refractivity contribution in [1.29, 1.82) is 0 Å². The molecule has 2 nitrogen and oxygen atoms in total. The van der Waals surface area contributed by atoms with Crippen molar-refractivity contribution in [3.05, 3.63) is 347 Å². The zero-order chi connectivity index (χ0) is 65.7. The van der Waals surface area contributed by atoms with Gasteiger partial charge in [0.1, 0.15) is 0 Å². The third-order valence-electron chi connectivity index (χ3n) is 23.7. The summed E-state index contributed by atoms with van der Waals surface area (Å²) in [5.74, 6) is 0. The monoisotopic (exact) mass is 1250 g/mol. The Kier molecular flexibility index (Phi) is 11.8. The zero-order valence-corrected chi connectivity index (χ0v) is 56.4. The van der Waals surface area contributed by atoms with Crippen molar-refractivity contribution in [1.82, 2.24) is 0 Å². The first-order valence-electron chi connectivity index (χ1n) is 35.0. The molecule has 1 atom stereocenters. The van der Waals surface area contributed by atoms with E-state index in [1.807, 2.05) is 0 Å². The number of hydrogen-bond donors (Lipinski definition) is 0. The first kappa shape index (κ1) is 57.0. The quantitative estimate of drug-likeness (QED) is 0.150. The van der Waals surface area contributed by atoms with Crippen LogP contribution in [0.4, 0.5) is 34.1 Å². The van der Waals surface area contributed by atoms with E-state index in [-0.39, 0.29) is 16.2 Å². The fraction of sp³-hybridized carbons (Fsp3) is 0.125. The maximum Gasteiger partial charge on any atom is 0.0621 e. The van der Waals surface area contributed by atoms with Crippen molar-refractivity contribution in [3.63, 3.8) is 0 Å². The molecule has 0 bridgehead atoms. The largest absolute Gasteiger partial charge is 0.310 e. The molecule has 1 unspecified atom stereocenters. The van der Waals surface area contributed by atoms with Crippen molar-refractivity contribution in [3.8, 4) is 44.5 Å². The second-order valence-electron chi connectivity index (χ2n) is 30.1. The number of benzene rings is 16. The zero-order valence-electron chi connectivity index (χ0n) is 56.4. The van der Waals surface area contributed by atoms with E-state index in [0.717, 1.165) is 29.2 Å². The van der Waals surface area contributed by atoms with Crippen LogP contribution in [0.2, 0.25) is 0 Å². The molecule has 16 aromatic carbocycles. The molecule has 0 radical (unpaired) electrons. The highest BCUT2D eigenvalue weighted by Gasteiger charge is 2.45. The standard InChI is InChI=1S/C96H72N2/c1-93(2)79-36-22-21-35-75(79)88-74-34-20-19-33-73(74)85(56-84(88)93)97(64-27-9-8-10-28-64)66-45-49-71-63(53-66)40-48-77-87-69-30-16-12-24-60(69)42-52-81(87)96(7,91(71)77)57-58-37-43-65(44-38-58)98(67-46-50-76-82(55-67)94(3,4)80-51-41-59-23-11-15-29-68(59)86(76)80)92-72-32-18-14-26-62(72)54-83-89(92)78-47-39-61-25-13-17-31-70(61)90(78)95(83,5)6/h8-56H,57H2,1-7H3. The van der Waals surface area contributed by atoms with Crippen LogP contribution >= 0.6 is 0 Å². The molecule has 4 aliphatic carbocycles. The van der Waals surface area contributed by atoms with Gasteiger partial charge >= 0.3 is 0 Å². The van der Waals surface area contributed by atoms with Crippen LogP contribution in [0.15, 0.2) is 297 Å². The van der Waals surface area contributed by atoms with Crippen LogP contribution in [0.3, 0.4) is 0 Å². The minimum Gasteiger partial charge on any atom is -0.310 e. The first-order chi connectivity index (χ1) is 47.8. The molecule has 98 heavy (non-hydrogen) atoms. The Labute approximate surface area is 573 Å². The Bertz CT molecular complexity index is 6140. The minimum atomic E-state index is -0.397. The number of rotatable bonds is 8. The van der Waals surface area contributed by atoms with Crippen molar-refractivity contribution >= 4 is 98.8 Å². The highest BCUT2D eigenvalue weighted by molar-refractivity contribution is 6.15. The normalized spacial score (nSPS) is 16.0. The molecule has 0 spiro atoms.